The molecular weight excluding hydrogens is 314 g/mol. The highest BCUT2D eigenvalue weighted by molar-refractivity contribution is 5.86. The number of rotatable bonds is 9. The van der Waals surface area contributed by atoms with Crippen LogP contribution < -0.4 is 10.1 Å². The van der Waals surface area contributed by atoms with Gasteiger partial charge in [0, 0.05) is 19.6 Å². The molecule has 1 atom stereocenters. The van der Waals surface area contributed by atoms with Crippen LogP contribution in [0.15, 0.2) is 67.3 Å². The number of benzene rings is 2. The van der Waals surface area contributed by atoms with Crippen LogP contribution in [0.25, 0.3) is 0 Å². The van der Waals surface area contributed by atoms with Crippen LogP contribution in [0.3, 0.4) is 0 Å². The average Bonchev–Trinajstić information content (AvgIpc) is 2.67. The maximum atomic E-state index is 13.0. The molecule has 2 aromatic rings. The monoisotopic (exact) mass is 339 g/mol. The molecule has 4 heteroatoms. The van der Waals surface area contributed by atoms with Crippen molar-refractivity contribution >= 4 is 5.91 Å². The summed E-state index contributed by atoms with van der Waals surface area (Å²) in [5.41, 5.74) is 0.750. The first-order chi connectivity index (χ1) is 12.2. The van der Waals surface area contributed by atoms with Gasteiger partial charge >= 0.3 is 0 Å². The number of hydrogen-bond donors (Lipinski definition) is 1. The molecule has 0 fully saturated rings. The molecule has 0 bridgehead atoms. The van der Waals surface area contributed by atoms with E-state index in [0.29, 0.717) is 19.6 Å². The highest BCUT2D eigenvalue weighted by atomic mass is 16.5. The van der Waals surface area contributed by atoms with Crippen molar-refractivity contribution in [2.24, 2.45) is 0 Å². The highest BCUT2D eigenvalue weighted by Gasteiger charge is 2.39. The highest BCUT2D eigenvalue weighted by Crippen LogP contribution is 2.30. The Kier molecular flexibility index (Phi) is 6.78. The third-order valence-corrected chi connectivity index (χ3v) is 4.04. The second-order valence-corrected chi connectivity index (χ2v) is 5.65. The molecule has 0 radical (unpaired) electrons. The van der Waals surface area contributed by atoms with Gasteiger partial charge in [0.25, 0.3) is 5.91 Å². The van der Waals surface area contributed by atoms with Gasteiger partial charge in [0.1, 0.15) is 5.75 Å². The van der Waals surface area contributed by atoms with Gasteiger partial charge in [0.2, 0.25) is 0 Å². The predicted octanol–water partition coefficient (Wildman–Crippen LogP) is 3.82. The van der Waals surface area contributed by atoms with Crippen LogP contribution in [0.2, 0.25) is 0 Å². The largest absolute Gasteiger partial charge is 0.497 e. The summed E-state index contributed by atoms with van der Waals surface area (Å²) in [6.45, 7) is 6.53. The molecule has 0 saturated heterocycles. The fraction of sp³-hybridized carbons (Fsp3) is 0.286. The summed E-state index contributed by atoms with van der Waals surface area (Å²) < 4.78 is 11.1. The molecule has 25 heavy (non-hydrogen) atoms. The van der Waals surface area contributed by atoms with Crippen LogP contribution in [0.5, 0.6) is 5.75 Å². The molecule has 2 aromatic carbocycles. The maximum Gasteiger partial charge on any atom is 0.257 e. The molecule has 0 saturated carbocycles. The second-order valence-electron chi connectivity index (χ2n) is 5.65. The first-order valence-corrected chi connectivity index (χ1v) is 8.38. The van der Waals surface area contributed by atoms with E-state index in [-0.39, 0.29) is 5.91 Å². The Bertz CT molecular complexity index is 682. The Morgan fingerprint density at radius 1 is 1.16 bits per heavy atom. The third kappa shape index (κ3) is 4.48. The van der Waals surface area contributed by atoms with E-state index < -0.39 is 5.60 Å². The Morgan fingerprint density at radius 3 is 2.40 bits per heavy atom. The topological polar surface area (TPSA) is 47.6 Å². The third-order valence-electron chi connectivity index (χ3n) is 4.04. The van der Waals surface area contributed by atoms with Crippen LogP contribution in [-0.4, -0.2) is 19.6 Å². The minimum absolute atomic E-state index is 0.170. The summed E-state index contributed by atoms with van der Waals surface area (Å²) >= 11 is 0. The molecule has 0 heterocycles. The van der Waals surface area contributed by atoms with Crippen molar-refractivity contribution in [3.8, 4) is 5.75 Å². The quantitative estimate of drug-likeness (QED) is 0.707. The van der Waals surface area contributed by atoms with Gasteiger partial charge < -0.3 is 14.8 Å². The first-order valence-electron chi connectivity index (χ1n) is 8.38. The second kappa shape index (κ2) is 9.04. The number of methoxy groups -OCH3 is 1. The molecule has 0 spiro atoms. The molecule has 1 unspecified atom stereocenters. The van der Waals surface area contributed by atoms with E-state index in [1.165, 1.54) is 0 Å². The van der Waals surface area contributed by atoms with Crippen molar-refractivity contribution in [1.82, 2.24) is 5.32 Å². The van der Waals surface area contributed by atoms with Gasteiger partial charge in [0.05, 0.1) is 7.11 Å². The minimum Gasteiger partial charge on any atom is -0.497 e. The molecule has 0 aliphatic carbocycles. The Labute approximate surface area is 149 Å². The van der Waals surface area contributed by atoms with Gasteiger partial charge in [0.15, 0.2) is 5.60 Å². The molecule has 4 nitrogen and oxygen atoms in total. The molecule has 132 valence electrons. The van der Waals surface area contributed by atoms with Crippen molar-refractivity contribution in [2.45, 2.75) is 25.5 Å². The van der Waals surface area contributed by atoms with Gasteiger partial charge in [-0.3, -0.25) is 4.79 Å². The SMILES string of the molecule is C=CCC(OCC)(C(=O)NCc1ccc(OC)cc1)c1ccccc1. The van der Waals surface area contributed by atoms with Gasteiger partial charge in [-0.1, -0.05) is 48.5 Å². The summed E-state index contributed by atoms with van der Waals surface area (Å²) in [7, 11) is 1.63. The van der Waals surface area contributed by atoms with Crippen molar-refractivity contribution in [1.29, 1.82) is 0 Å². The summed E-state index contributed by atoms with van der Waals surface area (Å²) in [6, 6.07) is 17.2. The van der Waals surface area contributed by atoms with Crippen molar-refractivity contribution in [3.05, 3.63) is 78.4 Å². The molecule has 0 aliphatic heterocycles. The fourth-order valence-corrected chi connectivity index (χ4v) is 2.77. The number of carbonyl (C=O) groups excluding carboxylic acids is 1. The molecule has 1 amide bonds. The lowest BCUT2D eigenvalue weighted by Crippen LogP contribution is -2.46. The number of carbonyl (C=O) groups is 1. The molecular formula is C21H25NO3. The van der Waals surface area contributed by atoms with Gasteiger partial charge in [-0.15, -0.1) is 6.58 Å². The standard InChI is InChI=1S/C21H25NO3/c1-4-15-21(25-5-2,18-9-7-6-8-10-18)20(23)22-16-17-11-13-19(24-3)14-12-17/h4,6-14H,1,5,15-16H2,2-3H3,(H,22,23). The predicted molar refractivity (Wildman–Crippen MR) is 99.4 cm³/mol. The van der Waals surface area contributed by atoms with E-state index in [1.54, 1.807) is 13.2 Å². The Balaban J connectivity index is 2.20. The van der Waals surface area contributed by atoms with E-state index in [1.807, 2.05) is 61.5 Å². The number of ether oxygens (including phenoxy) is 2. The van der Waals surface area contributed by atoms with E-state index in [9.17, 15) is 4.79 Å². The van der Waals surface area contributed by atoms with Crippen LogP contribution in [0, 0.1) is 0 Å². The first kappa shape index (κ1) is 18.7. The average molecular weight is 339 g/mol. The van der Waals surface area contributed by atoms with Crippen LogP contribution in [0.1, 0.15) is 24.5 Å². The van der Waals surface area contributed by atoms with E-state index >= 15 is 0 Å². The van der Waals surface area contributed by atoms with Crippen LogP contribution in [-0.2, 0) is 21.7 Å². The fourth-order valence-electron chi connectivity index (χ4n) is 2.77. The van der Waals surface area contributed by atoms with E-state index in [0.717, 1.165) is 16.9 Å². The minimum atomic E-state index is -1.07. The molecule has 0 aliphatic rings. The smallest absolute Gasteiger partial charge is 0.257 e. The number of nitrogens with one attached hydrogen (secondary N) is 1. The summed E-state index contributed by atoms with van der Waals surface area (Å²) in [5.74, 6) is 0.617. The van der Waals surface area contributed by atoms with Gasteiger partial charge in [-0.2, -0.15) is 0 Å². The molecule has 0 aromatic heterocycles. The zero-order valence-electron chi connectivity index (χ0n) is 14.8. The van der Waals surface area contributed by atoms with Gasteiger partial charge in [-0.05, 0) is 30.2 Å². The molecule has 2 rings (SSSR count). The zero-order chi connectivity index (χ0) is 18.1. The maximum absolute atomic E-state index is 13.0. The van der Waals surface area contributed by atoms with Crippen molar-refractivity contribution < 1.29 is 14.3 Å². The lowest BCUT2D eigenvalue weighted by molar-refractivity contribution is -0.148. The Hall–Kier alpha value is -2.59. The number of hydrogen-bond acceptors (Lipinski definition) is 3. The van der Waals surface area contributed by atoms with Crippen molar-refractivity contribution in [3.63, 3.8) is 0 Å². The lowest BCUT2D eigenvalue weighted by Gasteiger charge is -2.32. The van der Waals surface area contributed by atoms with Crippen LogP contribution >= 0.6 is 0 Å². The number of amides is 1. The van der Waals surface area contributed by atoms with Crippen LogP contribution in [0.4, 0.5) is 0 Å². The van der Waals surface area contributed by atoms with E-state index in [4.69, 9.17) is 9.47 Å². The summed E-state index contributed by atoms with van der Waals surface area (Å²) in [4.78, 5) is 13.0. The zero-order valence-corrected chi connectivity index (χ0v) is 14.8. The lowest BCUT2D eigenvalue weighted by atomic mass is 9.89. The normalized spacial score (nSPS) is 12.9. The summed E-state index contributed by atoms with van der Waals surface area (Å²) in [5, 5.41) is 2.99. The van der Waals surface area contributed by atoms with E-state index in [2.05, 4.69) is 11.9 Å². The Morgan fingerprint density at radius 2 is 1.84 bits per heavy atom. The van der Waals surface area contributed by atoms with Gasteiger partial charge in [-0.25, -0.2) is 0 Å². The molecule has 1 N–H and O–H groups in total. The summed E-state index contributed by atoms with van der Waals surface area (Å²) in [6.07, 6.45) is 2.12. The van der Waals surface area contributed by atoms with Crippen molar-refractivity contribution in [2.75, 3.05) is 13.7 Å².